The molecule has 3 rings (SSSR count). The van der Waals surface area contributed by atoms with Gasteiger partial charge in [-0.1, -0.05) is 40.2 Å². The Hall–Kier alpha value is -1.87. The summed E-state index contributed by atoms with van der Waals surface area (Å²) in [5.74, 6) is 0. The van der Waals surface area contributed by atoms with Crippen LogP contribution in [-0.4, -0.2) is 4.98 Å². The van der Waals surface area contributed by atoms with E-state index in [1.165, 1.54) is 0 Å². The number of aromatic nitrogens is 1. The zero-order valence-electron chi connectivity index (χ0n) is 10.4. The molecule has 2 aromatic carbocycles. The van der Waals surface area contributed by atoms with Gasteiger partial charge in [0.2, 0.25) is 0 Å². The summed E-state index contributed by atoms with van der Waals surface area (Å²) in [6.07, 6.45) is 0. The molecule has 0 saturated carbocycles. The summed E-state index contributed by atoms with van der Waals surface area (Å²) >= 11 is 3.40. The van der Waals surface area contributed by atoms with Crippen molar-refractivity contribution in [3.8, 4) is 11.1 Å². The monoisotopic (exact) mass is 313 g/mol. The van der Waals surface area contributed by atoms with Crippen molar-refractivity contribution < 1.29 is 0 Å². The first-order valence-electron chi connectivity index (χ1n) is 6.03. The average Bonchev–Trinajstić information content (AvgIpc) is 2.39. The molecule has 94 valence electrons. The number of H-pyrrole nitrogens is 1. The van der Waals surface area contributed by atoms with Gasteiger partial charge < -0.3 is 4.98 Å². The van der Waals surface area contributed by atoms with Crippen LogP contribution in [0.1, 0.15) is 5.56 Å². The highest BCUT2D eigenvalue weighted by Gasteiger charge is 2.05. The minimum Gasteiger partial charge on any atom is -0.321 e. The highest BCUT2D eigenvalue weighted by atomic mass is 79.9. The third-order valence-electron chi connectivity index (χ3n) is 3.16. The van der Waals surface area contributed by atoms with E-state index in [1.54, 1.807) is 0 Å². The van der Waals surface area contributed by atoms with Crippen LogP contribution in [0.4, 0.5) is 0 Å². The first-order valence-corrected chi connectivity index (χ1v) is 6.82. The minimum atomic E-state index is -0.0552. The van der Waals surface area contributed by atoms with Crippen molar-refractivity contribution in [2.24, 2.45) is 0 Å². The number of aromatic amines is 1. The van der Waals surface area contributed by atoms with Crippen LogP contribution < -0.4 is 5.56 Å². The van der Waals surface area contributed by atoms with E-state index in [0.29, 0.717) is 5.56 Å². The summed E-state index contributed by atoms with van der Waals surface area (Å²) in [7, 11) is 0. The van der Waals surface area contributed by atoms with Gasteiger partial charge in [-0.3, -0.25) is 4.79 Å². The van der Waals surface area contributed by atoms with Gasteiger partial charge in [0.05, 0.1) is 0 Å². The largest absolute Gasteiger partial charge is 0.321 e. The number of rotatable bonds is 1. The lowest BCUT2D eigenvalue weighted by Crippen LogP contribution is -2.08. The van der Waals surface area contributed by atoms with E-state index in [4.69, 9.17) is 0 Å². The summed E-state index contributed by atoms with van der Waals surface area (Å²) in [4.78, 5) is 15.1. The van der Waals surface area contributed by atoms with E-state index in [0.717, 1.165) is 26.5 Å². The molecule has 0 spiro atoms. The van der Waals surface area contributed by atoms with Crippen molar-refractivity contribution in [1.29, 1.82) is 0 Å². The molecule has 0 aliphatic heterocycles. The lowest BCUT2D eigenvalue weighted by atomic mass is 10.0. The van der Waals surface area contributed by atoms with Gasteiger partial charge in [-0.2, -0.15) is 0 Å². The molecule has 0 bridgehead atoms. The maximum atomic E-state index is 12.2. The number of aryl methyl sites for hydroxylation is 1. The third-order valence-corrected chi connectivity index (χ3v) is 3.69. The molecule has 1 aromatic heterocycles. The number of halogens is 1. The SMILES string of the molecule is Cc1ccc2cc(-c3ccc(Br)cc3)c(=O)[nH]c2c1. The molecule has 0 fully saturated rings. The van der Waals surface area contributed by atoms with Gasteiger partial charge in [0, 0.05) is 15.6 Å². The summed E-state index contributed by atoms with van der Waals surface area (Å²) in [5.41, 5.74) is 3.58. The second-order valence-corrected chi connectivity index (χ2v) is 5.53. The van der Waals surface area contributed by atoms with Crippen LogP contribution >= 0.6 is 15.9 Å². The van der Waals surface area contributed by atoms with Crippen molar-refractivity contribution >= 4 is 26.8 Å². The molecule has 0 atom stereocenters. The van der Waals surface area contributed by atoms with Crippen LogP contribution in [0, 0.1) is 6.92 Å². The van der Waals surface area contributed by atoms with E-state index >= 15 is 0 Å². The van der Waals surface area contributed by atoms with E-state index < -0.39 is 0 Å². The Labute approximate surface area is 119 Å². The standard InChI is InChI=1S/C16H12BrNO/c1-10-2-3-12-9-14(16(19)18-15(12)8-10)11-4-6-13(17)7-5-11/h2-9H,1H3,(H,18,19). The number of fused-ring (bicyclic) bond motifs is 1. The quantitative estimate of drug-likeness (QED) is 0.715. The molecular formula is C16H12BrNO. The first kappa shape index (κ1) is 12.2. The van der Waals surface area contributed by atoms with Gasteiger partial charge in [0.25, 0.3) is 5.56 Å². The maximum Gasteiger partial charge on any atom is 0.256 e. The van der Waals surface area contributed by atoms with Crippen molar-refractivity contribution in [1.82, 2.24) is 4.98 Å². The Kier molecular flexibility index (Phi) is 2.99. The van der Waals surface area contributed by atoms with Gasteiger partial charge in [-0.25, -0.2) is 0 Å². The lowest BCUT2D eigenvalue weighted by Gasteiger charge is -2.04. The predicted octanol–water partition coefficient (Wildman–Crippen LogP) is 4.27. The van der Waals surface area contributed by atoms with Gasteiger partial charge in [0.15, 0.2) is 0 Å². The highest BCUT2D eigenvalue weighted by molar-refractivity contribution is 9.10. The van der Waals surface area contributed by atoms with Crippen LogP contribution in [-0.2, 0) is 0 Å². The number of benzene rings is 2. The van der Waals surface area contributed by atoms with Crippen LogP contribution in [0.5, 0.6) is 0 Å². The van der Waals surface area contributed by atoms with Gasteiger partial charge >= 0.3 is 0 Å². The van der Waals surface area contributed by atoms with Gasteiger partial charge in [0.1, 0.15) is 0 Å². The third kappa shape index (κ3) is 2.34. The topological polar surface area (TPSA) is 32.9 Å². The Bertz CT molecular complexity index is 803. The Balaban J connectivity index is 2.24. The zero-order valence-corrected chi connectivity index (χ0v) is 12.0. The van der Waals surface area contributed by atoms with Gasteiger partial charge in [-0.15, -0.1) is 0 Å². The van der Waals surface area contributed by atoms with E-state index in [1.807, 2.05) is 55.5 Å². The fourth-order valence-electron chi connectivity index (χ4n) is 2.16. The molecule has 0 unspecified atom stereocenters. The smallest absolute Gasteiger partial charge is 0.256 e. The van der Waals surface area contributed by atoms with Crippen molar-refractivity contribution in [2.45, 2.75) is 6.92 Å². The highest BCUT2D eigenvalue weighted by Crippen LogP contribution is 2.22. The van der Waals surface area contributed by atoms with Crippen LogP contribution in [0.15, 0.2) is 57.8 Å². The second kappa shape index (κ2) is 4.67. The van der Waals surface area contributed by atoms with E-state index in [2.05, 4.69) is 20.9 Å². The van der Waals surface area contributed by atoms with E-state index in [-0.39, 0.29) is 5.56 Å². The Morgan fingerprint density at radius 1 is 1.00 bits per heavy atom. The number of hydrogen-bond donors (Lipinski definition) is 1. The molecule has 3 aromatic rings. The molecular weight excluding hydrogens is 302 g/mol. The van der Waals surface area contributed by atoms with Crippen LogP contribution in [0.25, 0.3) is 22.0 Å². The summed E-state index contributed by atoms with van der Waals surface area (Å²) in [5, 5.41) is 1.04. The predicted molar refractivity (Wildman–Crippen MR) is 82.4 cm³/mol. The molecule has 1 heterocycles. The molecule has 1 N–H and O–H groups in total. The molecule has 3 heteroatoms. The summed E-state index contributed by atoms with van der Waals surface area (Å²) in [6, 6.07) is 15.8. The van der Waals surface area contributed by atoms with Gasteiger partial charge in [-0.05, 0) is 47.7 Å². The zero-order chi connectivity index (χ0) is 13.4. The van der Waals surface area contributed by atoms with Crippen LogP contribution in [0.2, 0.25) is 0 Å². The number of pyridine rings is 1. The Morgan fingerprint density at radius 2 is 1.74 bits per heavy atom. The van der Waals surface area contributed by atoms with Crippen molar-refractivity contribution in [3.05, 3.63) is 68.9 Å². The molecule has 0 aliphatic carbocycles. The first-order chi connectivity index (χ1) is 9.13. The van der Waals surface area contributed by atoms with Crippen LogP contribution in [0.3, 0.4) is 0 Å². The minimum absolute atomic E-state index is 0.0552. The molecule has 19 heavy (non-hydrogen) atoms. The maximum absolute atomic E-state index is 12.2. The van der Waals surface area contributed by atoms with Crippen molar-refractivity contribution in [3.63, 3.8) is 0 Å². The number of hydrogen-bond acceptors (Lipinski definition) is 1. The van der Waals surface area contributed by atoms with E-state index in [9.17, 15) is 4.79 Å². The summed E-state index contributed by atoms with van der Waals surface area (Å²) in [6.45, 7) is 2.01. The fourth-order valence-corrected chi connectivity index (χ4v) is 2.42. The van der Waals surface area contributed by atoms with Crippen molar-refractivity contribution in [2.75, 3.05) is 0 Å². The Morgan fingerprint density at radius 3 is 2.47 bits per heavy atom. The average molecular weight is 314 g/mol. The summed E-state index contributed by atoms with van der Waals surface area (Å²) < 4.78 is 1.00. The fraction of sp³-hybridized carbons (Fsp3) is 0.0625. The molecule has 0 saturated heterocycles. The molecule has 0 aliphatic rings. The molecule has 2 nitrogen and oxygen atoms in total. The second-order valence-electron chi connectivity index (χ2n) is 4.61. The lowest BCUT2D eigenvalue weighted by molar-refractivity contribution is 1.30. The molecule has 0 amide bonds. The normalized spacial score (nSPS) is 10.8. The molecule has 0 radical (unpaired) electrons. The number of nitrogens with one attached hydrogen (secondary N) is 1.